The van der Waals surface area contributed by atoms with Crippen molar-refractivity contribution in [1.82, 2.24) is 0 Å². The lowest BCUT2D eigenvalue weighted by Gasteiger charge is -2.16. The van der Waals surface area contributed by atoms with Crippen LogP contribution >= 0.6 is 0 Å². The topological polar surface area (TPSA) is 69.7 Å². The Bertz CT molecular complexity index is 710. The average molecular weight is 386 g/mol. The van der Waals surface area contributed by atoms with E-state index in [-0.39, 0.29) is 19.3 Å². The molecule has 0 atom stereocenters. The molecule has 1 rings (SSSR count). The lowest BCUT2D eigenvalue weighted by atomic mass is 9.94. The van der Waals surface area contributed by atoms with Crippen LogP contribution in [-0.4, -0.2) is 30.9 Å². The van der Waals surface area contributed by atoms with Crippen LogP contribution in [0.25, 0.3) is 0 Å². The molecule has 11 heteroatoms. The Balaban J connectivity index is 3.58. The Labute approximate surface area is 142 Å². The Morgan fingerprint density at radius 1 is 0.962 bits per heavy atom. The molecule has 0 aromatic heterocycles. The first-order valence-corrected chi connectivity index (χ1v) is 7.09. The summed E-state index contributed by atoms with van der Waals surface area (Å²) >= 11 is 0. The van der Waals surface area contributed by atoms with Gasteiger partial charge in [-0.05, 0) is 13.8 Å². The van der Waals surface area contributed by atoms with Crippen LogP contribution in [0.4, 0.5) is 26.3 Å². The van der Waals surface area contributed by atoms with E-state index in [1.165, 1.54) is 13.8 Å². The fourth-order valence-corrected chi connectivity index (χ4v) is 1.98. The third-order valence-electron chi connectivity index (χ3n) is 3.01. The molecule has 0 radical (unpaired) electrons. The van der Waals surface area contributed by atoms with Crippen LogP contribution in [0.3, 0.4) is 0 Å². The predicted molar refractivity (Wildman–Crippen MR) is 72.4 cm³/mol. The van der Waals surface area contributed by atoms with Gasteiger partial charge in [-0.2, -0.15) is 13.2 Å². The molecular weight excluding hydrogens is 374 g/mol. The molecule has 0 N–H and O–H groups in total. The molecule has 1 aromatic carbocycles. The molecule has 0 aliphatic carbocycles. The van der Waals surface area contributed by atoms with E-state index >= 15 is 0 Å². The van der Waals surface area contributed by atoms with E-state index < -0.39 is 58.4 Å². The molecule has 0 fully saturated rings. The fourth-order valence-electron chi connectivity index (χ4n) is 1.98. The molecule has 0 amide bonds. The van der Waals surface area contributed by atoms with Gasteiger partial charge in [0.25, 0.3) is 0 Å². The summed E-state index contributed by atoms with van der Waals surface area (Å²) < 4.78 is 88.3. The molecule has 144 valence electrons. The highest BCUT2D eigenvalue weighted by Crippen LogP contribution is 2.36. The number of hydrogen-bond acceptors (Lipinski definition) is 5. The van der Waals surface area contributed by atoms with E-state index in [0.717, 1.165) is 0 Å². The first kappa shape index (κ1) is 21.5. The maximum atomic E-state index is 14.1. The number of hydrogen-bond donors (Lipinski definition) is 0. The first-order chi connectivity index (χ1) is 12.0. The average Bonchev–Trinajstić information content (AvgIpc) is 2.45. The predicted octanol–water partition coefficient (Wildman–Crippen LogP) is 3.05. The minimum Gasteiger partial charge on any atom is -0.465 e. The fraction of sp³-hybridized carbons (Fsp3) is 0.400. The van der Waals surface area contributed by atoms with Crippen LogP contribution in [0, 0.1) is 23.4 Å². The standard InChI is InChI=1S/C15H12F6O5/c1-3-25-13(23)9(14(24)26-4-2)12(22)8-6(16)5-7(17)10(11(8)18)15(19,20)21/h5,9H,3-4H2,1-2H3. The molecular formula is C15H12F6O5. The molecule has 26 heavy (non-hydrogen) atoms. The lowest BCUT2D eigenvalue weighted by molar-refractivity contribution is -0.158. The molecule has 0 heterocycles. The zero-order valence-corrected chi connectivity index (χ0v) is 13.4. The highest BCUT2D eigenvalue weighted by atomic mass is 19.4. The number of ether oxygens (including phenoxy) is 2. The second kappa shape index (κ2) is 8.19. The summed E-state index contributed by atoms with van der Waals surface area (Å²) in [5, 5.41) is 0. The zero-order chi connectivity index (χ0) is 20.2. The number of carbonyl (C=O) groups excluding carboxylic acids is 3. The highest BCUT2D eigenvalue weighted by molar-refractivity contribution is 6.21. The van der Waals surface area contributed by atoms with Gasteiger partial charge in [0.2, 0.25) is 5.92 Å². The molecule has 1 aromatic rings. The van der Waals surface area contributed by atoms with Crippen molar-refractivity contribution >= 4 is 17.7 Å². The number of esters is 2. The lowest BCUT2D eigenvalue weighted by Crippen LogP contribution is -2.36. The number of halogens is 6. The monoisotopic (exact) mass is 386 g/mol. The number of carbonyl (C=O) groups is 3. The van der Waals surface area contributed by atoms with Crippen molar-refractivity contribution < 1.29 is 50.2 Å². The van der Waals surface area contributed by atoms with Crippen LogP contribution in [0.5, 0.6) is 0 Å². The minimum absolute atomic E-state index is 0.343. The molecule has 0 unspecified atom stereocenters. The molecule has 0 saturated heterocycles. The largest absolute Gasteiger partial charge is 0.465 e. The summed E-state index contributed by atoms with van der Waals surface area (Å²) in [5.74, 6) is -14.6. The quantitative estimate of drug-likeness (QED) is 0.325. The van der Waals surface area contributed by atoms with Crippen molar-refractivity contribution in [1.29, 1.82) is 0 Å². The Kier molecular flexibility index (Phi) is 6.76. The van der Waals surface area contributed by atoms with Gasteiger partial charge >= 0.3 is 18.1 Å². The molecule has 0 bridgehead atoms. The maximum Gasteiger partial charge on any atom is 0.422 e. The van der Waals surface area contributed by atoms with Crippen molar-refractivity contribution in [2.75, 3.05) is 13.2 Å². The Morgan fingerprint density at radius 2 is 1.42 bits per heavy atom. The van der Waals surface area contributed by atoms with E-state index in [2.05, 4.69) is 9.47 Å². The van der Waals surface area contributed by atoms with Crippen molar-refractivity contribution in [3.63, 3.8) is 0 Å². The van der Waals surface area contributed by atoms with E-state index in [1.807, 2.05) is 0 Å². The number of ketones is 1. The number of alkyl halides is 3. The highest BCUT2D eigenvalue weighted by Gasteiger charge is 2.45. The summed E-state index contributed by atoms with van der Waals surface area (Å²) in [6.07, 6.45) is -5.60. The van der Waals surface area contributed by atoms with Gasteiger partial charge in [0, 0.05) is 6.07 Å². The molecule has 0 spiro atoms. The van der Waals surface area contributed by atoms with Gasteiger partial charge < -0.3 is 9.47 Å². The SMILES string of the molecule is CCOC(=O)C(C(=O)OCC)C(=O)c1c(F)cc(F)c(C(F)(F)F)c1F. The van der Waals surface area contributed by atoms with Crippen molar-refractivity contribution in [2.24, 2.45) is 5.92 Å². The van der Waals surface area contributed by atoms with Gasteiger partial charge in [-0.25, -0.2) is 13.2 Å². The van der Waals surface area contributed by atoms with Crippen molar-refractivity contribution in [2.45, 2.75) is 20.0 Å². The number of Topliss-reactive ketones (excluding diaryl/α,β-unsaturated/α-hetero) is 1. The van der Waals surface area contributed by atoms with Crippen LogP contribution in [0.1, 0.15) is 29.8 Å². The van der Waals surface area contributed by atoms with Gasteiger partial charge in [-0.1, -0.05) is 0 Å². The normalized spacial score (nSPS) is 11.4. The van der Waals surface area contributed by atoms with Gasteiger partial charge in [-0.3, -0.25) is 14.4 Å². The maximum absolute atomic E-state index is 14.1. The number of benzene rings is 1. The third-order valence-corrected chi connectivity index (χ3v) is 3.01. The second-order valence-electron chi connectivity index (χ2n) is 4.70. The van der Waals surface area contributed by atoms with E-state index in [4.69, 9.17) is 0 Å². The second-order valence-corrected chi connectivity index (χ2v) is 4.70. The summed E-state index contributed by atoms with van der Waals surface area (Å²) in [6, 6.07) is -0.369. The molecule has 5 nitrogen and oxygen atoms in total. The van der Waals surface area contributed by atoms with Crippen molar-refractivity contribution in [3.05, 3.63) is 34.6 Å². The minimum atomic E-state index is -5.60. The molecule has 0 saturated carbocycles. The Hall–Kier alpha value is -2.59. The number of rotatable bonds is 6. The van der Waals surface area contributed by atoms with Crippen molar-refractivity contribution in [3.8, 4) is 0 Å². The van der Waals surface area contributed by atoms with Gasteiger partial charge in [0.1, 0.15) is 17.2 Å². The molecule has 0 aliphatic heterocycles. The zero-order valence-electron chi connectivity index (χ0n) is 13.4. The van der Waals surface area contributed by atoms with Gasteiger partial charge in [-0.15, -0.1) is 0 Å². The van der Waals surface area contributed by atoms with Crippen LogP contribution in [0.15, 0.2) is 6.07 Å². The summed E-state index contributed by atoms with van der Waals surface area (Å²) in [4.78, 5) is 35.8. The van der Waals surface area contributed by atoms with Crippen LogP contribution in [0.2, 0.25) is 0 Å². The van der Waals surface area contributed by atoms with E-state index in [0.29, 0.717) is 0 Å². The Morgan fingerprint density at radius 3 is 1.81 bits per heavy atom. The van der Waals surface area contributed by atoms with Crippen LogP contribution < -0.4 is 0 Å². The summed E-state index contributed by atoms with van der Waals surface area (Å²) in [5.41, 5.74) is -4.43. The molecule has 0 aliphatic rings. The third kappa shape index (κ3) is 4.33. The van der Waals surface area contributed by atoms with E-state index in [1.54, 1.807) is 0 Å². The smallest absolute Gasteiger partial charge is 0.422 e. The van der Waals surface area contributed by atoms with E-state index in [9.17, 15) is 40.7 Å². The van der Waals surface area contributed by atoms with Gasteiger partial charge in [0.15, 0.2) is 11.6 Å². The first-order valence-electron chi connectivity index (χ1n) is 7.09. The summed E-state index contributed by atoms with van der Waals surface area (Å²) in [7, 11) is 0. The van der Waals surface area contributed by atoms with Crippen LogP contribution in [-0.2, 0) is 25.2 Å². The summed E-state index contributed by atoms with van der Waals surface area (Å²) in [6.45, 7) is 1.88. The van der Waals surface area contributed by atoms with Gasteiger partial charge in [0.05, 0.1) is 18.8 Å².